The monoisotopic (exact) mass is 646 g/mol. The summed E-state index contributed by atoms with van der Waals surface area (Å²) in [6.07, 6.45) is 0. The number of benzene rings is 8. The average Bonchev–Trinajstić information content (AvgIpc) is 3.72. The van der Waals surface area contributed by atoms with Crippen molar-refractivity contribution in [2.45, 2.75) is 0 Å². The van der Waals surface area contributed by atoms with E-state index in [1.165, 1.54) is 93.6 Å². The van der Waals surface area contributed by atoms with E-state index in [-0.39, 0.29) is 6.85 Å². The number of hydrogen-bond donors (Lipinski definition) is 0. The van der Waals surface area contributed by atoms with E-state index in [1.54, 1.807) is 0 Å². The van der Waals surface area contributed by atoms with Crippen molar-refractivity contribution in [3.8, 4) is 39.1 Å². The second-order valence-corrected chi connectivity index (χ2v) is 13.6. The molecule has 0 aliphatic carbocycles. The molecule has 0 atom stereocenters. The Morgan fingerprint density at radius 2 is 0.941 bits per heavy atom. The van der Waals surface area contributed by atoms with Crippen molar-refractivity contribution in [3.63, 3.8) is 0 Å². The normalized spacial score (nSPS) is 12.3. The van der Waals surface area contributed by atoms with E-state index >= 15 is 0 Å². The van der Waals surface area contributed by atoms with Crippen molar-refractivity contribution in [1.29, 1.82) is 0 Å². The molecule has 51 heavy (non-hydrogen) atoms. The van der Waals surface area contributed by atoms with E-state index < -0.39 is 0 Å². The van der Waals surface area contributed by atoms with Gasteiger partial charge in [-0.1, -0.05) is 170 Å². The van der Waals surface area contributed by atoms with Gasteiger partial charge in [0.1, 0.15) is 0 Å². The lowest BCUT2D eigenvalue weighted by atomic mass is 9.46. The second-order valence-electron chi connectivity index (χ2n) is 13.6. The lowest BCUT2D eigenvalue weighted by Crippen LogP contribution is -2.54. The van der Waals surface area contributed by atoms with E-state index in [0.717, 1.165) is 0 Å². The van der Waals surface area contributed by atoms with Crippen molar-refractivity contribution in [3.05, 3.63) is 188 Å². The fraction of sp³-hybridized carbons (Fsp3) is 0. The summed E-state index contributed by atoms with van der Waals surface area (Å²) in [6, 6.07) is 69.2. The number of rotatable bonds is 4. The van der Waals surface area contributed by atoms with Crippen molar-refractivity contribution >= 4 is 61.4 Å². The van der Waals surface area contributed by atoms with Gasteiger partial charge in [0.05, 0.1) is 11.0 Å². The van der Waals surface area contributed by atoms with Gasteiger partial charge >= 0.3 is 6.85 Å². The van der Waals surface area contributed by atoms with Crippen LogP contribution in [0.15, 0.2) is 188 Å². The molecule has 3 heterocycles. The van der Waals surface area contributed by atoms with Gasteiger partial charge in [0, 0.05) is 43.8 Å². The van der Waals surface area contributed by atoms with Crippen LogP contribution in [0, 0.1) is 0 Å². The van der Waals surface area contributed by atoms with Crippen molar-refractivity contribution in [2.75, 3.05) is 0 Å². The largest absolute Gasteiger partial charge is 0.375 e. The van der Waals surface area contributed by atoms with Crippen LogP contribution in [0.3, 0.4) is 0 Å². The molecular weight excluding hydrogens is 615 g/mol. The quantitative estimate of drug-likeness (QED) is 0.168. The average molecular weight is 647 g/mol. The van der Waals surface area contributed by atoms with E-state index in [2.05, 4.69) is 197 Å². The zero-order chi connectivity index (χ0) is 33.5. The van der Waals surface area contributed by atoms with Crippen LogP contribution >= 0.6 is 0 Å². The van der Waals surface area contributed by atoms with Gasteiger partial charge < -0.3 is 9.05 Å². The van der Waals surface area contributed by atoms with Crippen molar-refractivity contribution in [2.24, 2.45) is 0 Å². The Bertz CT molecular complexity index is 2960. The lowest BCUT2D eigenvalue weighted by Gasteiger charge is -2.30. The molecule has 1 aliphatic rings. The molecule has 8 aromatic carbocycles. The number of nitrogens with zero attached hydrogens (tertiary/aromatic N) is 2. The molecule has 236 valence electrons. The minimum atomic E-state index is -0.0854. The Hall–Kier alpha value is -6.58. The highest BCUT2D eigenvalue weighted by Crippen LogP contribution is 2.41. The maximum Gasteiger partial charge on any atom is 0.333 e. The predicted octanol–water partition coefficient (Wildman–Crippen LogP) is 10.9. The summed E-state index contributed by atoms with van der Waals surface area (Å²) < 4.78 is 5.21. The first-order valence-electron chi connectivity index (χ1n) is 17.7. The van der Waals surface area contributed by atoms with E-state index in [9.17, 15) is 0 Å². The van der Waals surface area contributed by atoms with Gasteiger partial charge in [0.2, 0.25) is 0 Å². The van der Waals surface area contributed by atoms with Gasteiger partial charge in [-0.05, 0) is 56.9 Å². The molecule has 1 aliphatic heterocycles. The fourth-order valence-corrected chi connectivity index (χ4v) is 8.85. The standard InChI is InChI=1S/C48H31BN2/c1-4-15-32(16-5-1)35-27-28-39-41-30-29-36(33-17-6-2-7-18-33)46-48(41)50(45(39)31-35)44-26-13-11-24-42(44)49(46)51-43-25-12-10-21-38(43)40-23-14-22-37(47(40)51)34-19-8-3-9-20-34/h1-31H. The van der Waals surface area contributed by atoms with E-state index in [1.807, 2.05) is 0 Å². The molecule has 0 fully saturated rings. The first-order chi connectivity index (χ1) is 25.3. The van der Waals surface area contributed by atoms with Crippen LogP contribution in [0.2, 0.25) is 0 Å². The summed E-state index contributed by atoms with van der Waals surface area (Å²) in [6.45, 7) is -0.0854. The van der Waals surface area contributed by atoms with E-state index in [4.69, 9.17) is 0 Å². The molecule has 2 aromatic heterocycles. The van der Waals surface area contributed by atoms with Crippen LogP contribution in [0.4, 0.5) is 0 Å². The third kappa shape index (κ3) is 4.06. The first kappa shape index (κ1) is 28.3. The van der Waals surface area contributed by atoms with Gasteiger partial charge in [-0.15, -0.1) is 0 Å². The number of para-hydroxylation sites is 3. The fourth-order valence-electron chi connectivity index (χ4n) is 8.85. The minimum absolute atomic E-state index is 0.0854. The van der Waals surface area contributed by atoms with E-state index in [0.29, 0.717) is 0 Å². The topological polar surface area (TPSA) is 9.86 Å². The molecule has 0 N–H and O–H groups in total. The van der Waals surface area contributed by atoms with Crippen LogP contribution in [-0.4, -0.2) is 15.9 Å². The maximum absolute atomic E-state index is 2.66. The maximum atomic E-state index is 2.66. The highest BCUT2D eigenvalue weighted by molar-refractivity contribution is 6.89. The summed E-state index contributed by atoms with van der Waals surface area (Å²) >= 11 is 0. The highest BCUT2D eigenvalue weighted by atomic mass is 15.0. The van der Waals surface area contributed by atoms with Gasteiger partial charge in [0.15, 0.2) is 0 Å². The molecule has 0 amide bonds. The van der Waals surface area contributed by atoms with Crippen LogP contribution < -0.4 is 10.9 Å². The van der Waals surface area contributed by atoms with Gasteiger partial charge in [-0.25, -0.2) is 0 Å². The molecule has 0 spiro atoms. The Morgan fingerprint density at radius 3 is 1.73 bits per heavy atom. The lowest BCUT2D eigenvalue weighted by molar-refractivity contribution is 1.18. The van der Waals surface area contributed by atoms with Crippen molar-refractivity contribution < 1.29 is 0 Å². The third-order valence-corrected chi connectivity index (χ3v) is 11.0. The first-order valence-corrected chi connectivity index (χ1v) is 17.7. The summed E-state index contributed by atoms with van der Waals surface area (Å²) in [5.41, 5.74) is 16.3. The molecule has 10 aromatic rings. The molecule has 0 unspecified atom stereocenters. The minimum Gasteiger partial charge on any atom is -0.375 e. The SMILES string of the molecule is c1ccc(-c2ccc3c4ccc(-c5ccccc5)c5c4n(c3c2)-c2ccccc2B5n2c3ccccc3c3cccc(-c4ccccc4)c32)cc1. The Balaban J connectivity index is 1.34. The molecule has 0 radical (unpaired) electrons. The van der Waals surface area contributed by atoms with Crippen LogP contribution in [0.25, 0.3) is 82.7 Å². The zero-order valence-electron chi connectivity index (χ0n) is 27.9. The molecule has 0 bridgehead atoms. The summed E-state index contributed by atoms with van der Waals surface area (Å²) in [5, 5.41) is 5.10. The third-order valence-electron chi connectivity index (χ3n) is 11.0. The predicted molar refractivity (Wildman–Crippen MR) is 217 cm³/mol. The van der Waals surface area contributed by atoms with Gasteiger partial charge in [0.25, 0.3) is 0 Å². The number of hydrogen-bond acceptors (Lipinski definition) is 0. The molecule has 3 heteroatoms. The van der Waals surface area contributed by atoms with Gasteiger partial charge in [-0.2, -0.15) is 0 Å². The highest BCUT2D eigenvalue weighted by Gasteiger charge is 2.38. The Labute approximate surface area is 296 Å². The van der Waals surface area contributed by atoms with Crippen LogP contribution in [0.5, 0.6) is 0 Å². The number of fused-ring (bicyclic) bond motifs is 8. The van der Waals surface area contributed by atoms with Crippen molar-refractivity contribution in [1.82, 2.24) is 9.05 Å². The Kier molecular flexibility index (Phi) is 6.08. The molecular formula is C48H31BN2. The molecule has 11 rings (SSSR count). The molecule has 0 saturated heterocycles. The summed E-state index contributed by atoms with van der Waals surface area (Å²) in [5.74, 6) is 0. The Morgan fingerprint density at radius 1 is 0.353 bits per heavy atom. The molecule has 0 saturated carbocycles. The second kappa shape index (κ2) is 11.0. The van der Waals surface area contributed by atoms with Crippen LogP contribution in [-0.2, 0) is 0 Å². The summed E-state index contributed by atoms with van der Waals surface area (Å²) in [4.78, 5) is 0. The summed E-state index contributed by atoms with van der Waals surface area (Å²) in [7, 11) is 0. The van der Waals surface area contributed by atoms with Gasteiger partial charge in [-0.3, -0.25) is 0 Å². The zero-order valence-corrected chi connectivity index (χ0v) is 27.9. The number of aromatic nitrogens is 2. The van der Waals surface area contributed by atoms with Crippen LogP contribution in [0.1, 0.15) is 0 Å². The molecule has 2 nitrogen and oxygen atoms in total. The smallest absolute Gasteiger partial charge is 0.333 e.